The van der Waals surface area contributed by atoms with Crippen LogP contribution in [0.25, 0.3) is 0 Å². The SMILES string of the molecule is Cc1ccc(N2CCCN(Cc3ccc(C(C)C)cc3)C2=O)c(NC(=O)c2ccc(Cl)cc2)c1. The van der Waals surface area contributed by atoms with Crippen LogP contribution in [0.1, 0.15) is 53.2 Å². The van der Waals surface area contributed by atoms with Crippen LogP contribution in [-0.2, 0) is 6.54 Å². The third-order valence-corrected chi connectivity index (χ3v) is 6.38. The zero-order valence-electron chi connectivity index (χ0n) is 19.8. The van der Waals surface area contributed by atoms with E-state index in [4.69, 9.17) is 11.6 Å². The van der Waals surface area contributed by atoms with Gasteiger partial charge in [0.1, 0.15) is 0 Å². The van der Waals surface area contributed by atoms with E-state index in [1.54, 1.807) is 29.2 Å². The van der Waals surface area contributed by atoms with Gasteiger partial charge in [-0.2, -0.15) is 0 Å². The molecule has 176 valence electrons. The first-order chi connectivity index (χ1) is 16.3. The Hall–Kier alpha value is -3.31. The van der Waals surface area contributed by atoms with Crippen molar-refractivity contribution in [3.8, 4) is 0 Å². The molecule has 0 radical (unpaired) electrons. The second-order valence-electron chi connectivity index (χ2n) is 9.09. The maximum Gasteiger partial charge on any atom is 0.324 e. The van der Waals surface area contributed by atoms with Gasteiger partial charge in [-0.1, -0.05) is 55.8 Å². The van der Waals surface area contributed by atoms with E-state index in [2.05, 4.69) is 43.4 Å². The second kappa shape index (κ2) is 10.3. The van der Waals surface area contributed by atoms with Gasteiger partial charge < -0.3 is 10.2 Å². The topological polar surface area (TPSA) is 52.6 Å². The van der Waals surface area contributed by atoms with Gasteiger partial charge in [0.05, 0.1) is 11.4 Å². The quantitative estimate of drug-likeness (QED) is 0.423. The average molecular weight is 476 g/mol. The molecule has 1 aliphatic rings. The minimum atomic E-state index is -0.241. The monoisotopic (exact) mass is 475 g/mol. The summed E-state index contributed by atoms with van der Waals surface area (Å²) in [7, 11) is 0. The van der Waals surface area contributed by atoms with Gasteiger partial charge in [0, 0.05) is 30.2 Å². The van der Waals surface area contributed by atoms with Crippen LogP contribution in [-0.4, -0.2) is 29.9 Å². The summed E-state index contributed by atoms with van der Waals surface area (Å²) in [5, 5.41) is 3.57. The third-order valence-electron chi connectivity index (χ3n) is 6.13. The number of aryl methyl sites for hydroxylation is 1. The first-order valence-electron chi connectivity index (χ1n) is 11.6. The Morgan fingerprint density at radius 3 is 2.38 bits per heavy atom. The fourth-order valence-electron chi connectivity index (χ4n) is 4.16. The molecule has 1 heterocycles. The summed E-state index contributed by atoms with van der Waals surface area (Å²) in [6.45, 7) is 8.19. The first kappa shape index (κ1) is 23.8. The molecule has 0 unspecified atom stereocenters. The number of rotatable bonds is 6. The predicted octanol–water partition coefficient (Wildman–Crippen LogP) is 6.86. The van der Waals surface area contributed by atoms with Crippen molar-refractivity contribution in [2.45, 2.75) is 39.7 Å². The number of nitrogens with one attached hydrogen (secondary N) is 1. The summed E-state index contributed by atoms with van der Waals surface area (Å²) in [5.41, 5.74) is 5.24. The molecule has 1 fully saturated rings. The zero-order valence-corrected chi connectivity index (χ0v) is 20.6. The number of amides is 3. The van der Waals surface area contributed by atoms with Crippen molar-refractivity contribution in [3.05, 3.63) is 94.0 Å². The molecule has 0 saturated carbocycles. The third kappa shape index (κ3) is 5.42. The Morgan fingerprint density at radius 2 is 1.71 bits per heavy atom. The summed E-state index contributed by atoms with van der Waals surface area (Å²) in [4.78, 5) is 30.0. The fraction of sp³-hybridized carbons (Fsp3) is 0.286. The molecule has 0 atom stereocenters. The van der Waals surface area contributed by atoms with E-state index in [1.807, 2.05) is 30.0 Å². The minimum Gasteiger partial charge on any atom is -0.320 e. The lowest BCUT2D eigenvalue weighted by molar-refractivity contribution is 0.102. The summed E-state index contributed by atoms with van der Waals surface area (Å²) in [6, 6.07) is 20.9. The lowest BCUT2D eigenvalue weighted by atomic mass is 10.0. The maximum atomic E-state index is 13.5. The average Bonchev–Trinajstić information content (AvgIpc) is 2.82. The van der Waals surface area contributed by atoms with Crippen LogP contribution in [0, 0.1) is 6.92 Å². The van der Waals surface area contributed by atoms with Crippen LogP contribution >= 0.6 is 11.6 Å². The number of benzene rings is 3. The molecule has 1 saturated heterocycles. The van der Waals surface area contributed by atoms with Crippen molar-refractivity contribution in [3.63, 3.8) is 0 Å². The number of halogens is 1. The van der Waals surface area contributed by atoms with E-state index >= 15 is 0 Å². The standard InChI is InChI=1S/C28H30ClN3O2/c1-19(2)22-8-6-21(7-9-22)18-31-15-4-16-32(28(31)34)26-14-5-20(3)17-25(26)30-27(33)23-10-12-24(29)13-11-23/h5-14,17,19H,4,15-16,18H2,1-3H3,(H,30,33). The summed E-state index contributed by atoms with van der Waals surface area (Å²) >= 11 is 5.95. The molecule has 0 spiro atoms. The molecule has 4 rings (SSSR count). The Balaban J connectivity index is 1.54. The Bertz CT molecular complexity index is 1170. The maximum absolute atomic E-state index is 13.5. The van der Waals surface area contributed by atoms with E-state index in [0.29, 0.717) is 47.5 Å². The van der Waals surface area contributed by atoms with Gasteiger partial charge in [0.15, 0.2) is 0 Å². The van der Waals surface area contributed by atoms with Gasteiger partial charge in [0.25, 0.3) is 5.91 Å². The Morgan fingerprint density at radius 1 is 1.00 bits per heavy atom. The van der Waals surface area contributed by atoms with E-state index in [1.165, 1.54) is 5.56 Å². The zero-order chi connectivity index (χ0) is 24.2. The summed E-state index contributed by atoms with van der Waals surface area (Å²) in [6.07, 6.45) is 0.855. The number of hydrogen-bond acceptors (Lipinski definition) is 2. The van der Waals surface area contributed by atoms with Crippen molar-refractivity contribution in [2.75, 3.05) is 23.3 Å². The predicted molar refractivity (Wildman–Crippen MR) is 139 cm³/mol. The number of urea groups is 1. The van der Waals surface area contributed by atoms with Crippen LogP contribution in [0.4, 0.5) is 16.2 Å². The van der Waals surface area contributed by atoms with Gasteiger partial charge in [-0.05, 0) is 72.4 Å². The van der Waals surface area contributed by atoms with Gasteiger partial charge >= 0.3 is 6.03 Å². The Kier molecular flexibility index (Phi) is 7.23. The fourth-order valence-corrected chi connectivity index (χ4v) is 4.29. The van der Waals surface area contributed by atoms with Crippen LogP contribution < -0.4 is 10.2 Å². The molecule has 0 bridgehead atoms. The summed E-state index contributed by atoms with van der Waals surface area (Å²) in [5.74, 6) is 0.235. The number of carbonyl (C=O) groups is 2. The van der Waals surface area contributed by atoms with Crippen LogP contribution in [0.15, 0.2) is 66.7 Å². The van der Waals surface area contributed by atoms with Crippen molar-refractivity contribution >= 4 is 34.9 Å². The van der Waals surface area contributed by atoms with E-state index in [9.17, 15) is 9.59 Å². The molecule has 3 aromatic carbocycles. The van der Waals surface area contributed by atoms with Crippen LogP contribution in [0.5, 0.6) is 0 Å². The number of carbonyl (C=O) groups excluding carboxylic acids is 2. The minimum absolute atomic E-state index is 0.0509. The van der Waals surface area contributed by atoms with Crippen LogP contribution in [0.3, 0.4) is 0 Å². The molecule has 0 aliphatic carbocycles. The lowest BCUT2D eigenvalue weighted by Crippen LogP contribution is -2.49. The highest BCUT2D eigenvalue weighted by Crippen LogP contribution is 2.31. The van der Waals surface area contributed by atoms with Crippen molar-refractivity contribution in [1.82, 2.24) is 4.90 Å². The molecule has 6 heteroatoms. The van der Waals surface area contributed by atoms with Gasteiger partial charge in [0.2, 0.25) is 0 Å². The Labute approximate surface area is 206 Å². The molecule has 3 aromatic rings. The molecule has 3 amide bonds. The van der Waals surface area contributed by atoms with Crippen molar-refractivity contribution in [1.29, 1.82) is 0 Å². The molecular weight excluding hydrogens is 446 g/mol. The van der Waals surface area contributed by atoms with Crippen LogP contribution in [0.2, 0.25) is 5.02 Å². The van der Waals surface area contributed by atoms with Gasteiger partial charge in [-0.3, -0.25) is 9.69 Å². The molecule has 1 N–H and O–H groups in total. The molecule has 5 nitrogen and oxygen atoms in total. The first-order valence-corrected chi connectivity index (χ1v) is 12.0. The van der Waals surface area contributed by atoms with Crippen molar-refractivity contribution < 1.29 is 9.59 Å². The second-order valence-corrected chi connectivity index (χ2v) is 9.52. The van der Waals surface area contributed by atoms with Gasteiger partial charge in [-0.15, -0.1) is 0 Å². The number of hydrogen-bond donors (Lipinski definition) is 1. The van der Waals surface area contributed by atoms with E-state index in [0.717, 1.165) is 17.5 Å². The molecule has 34 heavy (non-hydrogen) atoms. The highest BCUT2D eigenvalue weighted by molar-refractivity contribution is 6.30. The summed E-state index contributed by atoms with van der Waals surface area (Å²) < 4.78 is 0. The highest BCUT2D eigenvalue weighted by atomic mass is 35.5. The lowest BCUT2D eigenvalue weighted by Gasteiger charge is -2.36. The molecular formula is C28H30ClN3O2. The molecule has 1 aliphatic heterocycles. The number of nitrogens with zero attached hydrogens (tertiary/aromatic N) is 2. The van der Waals surface area contributed by atoms with Crippen molar-refractivity contribution in [2.24, 2.45) is 0 Å². The highest BCUT2D eigenvalue weighted by Gasteiger charge is 2.28. The van der Waals surface area contributed by atoms with E-state index < -0.39 is 0 Å². The smallest absolute Gasteiger partial charge is 0.320 e. The normalized spacial score (nSPS) is 14.0. The largest absolute Gasteiger partial charge is 0.324 e. The van der Waals surface area contributed by atoms with Gasteiger partial charge in [-0.25, -0.2) is 4.79 Å². The molecule has 0 aromatic heterocycles. The van der Waals surface area contributed by atoms with E-state index in [-0.39, 0.29) is 11.9 Å². The number of anilines is 2.